The molecule has 0 radical (unpaired) electrons. The van der Waals surface area contributed by atoms with Gasteiger partial charge in [-0.15, -0.1) is 0 Å². The van der Waals surface area contributed by atoms with E-state index in [0.29, 0.717) is 6.61 Å². The quantitative estimate of drug-likeness (QED) is 0.818. The van der Waals surface area contributed by atoms with Crippen molar-refractivity contribution in [2.24, 2.45) is 5.73 Å². The molecule has 0 aliphatic rings. The molecule has 17 heavy (non-hydrogen) atoms. The van der Waals surface area contributed by atoms with Crippen molar-refractivity contribution in [3.63, 3.8) is 0 Å². The molecular formula is C13H22N2O2. The van der Waals surface area contributed by atoms with Gasteiger partial charge in [-0.05, 0) is 27.1 Å². The zero-order valence-electron chi connectivity index (χ0n) is 11.1. The second-order valence-electron chi connectivity index (χ2n) is 4.34. The number of likely N-dealkylation sites (N-methyl/N-ethyl adjacent to an activating group) is 1. The number of nitrogens with zero attached hydrogens (tertiary/aromatic N) is 1. The van der Waals surface area contributed by atoms with Gasteiger partial charge in [0.2, 0.25) is 0 Å². The summed E-state index contributed by atoms with van der Waals surface area (Å²) in [6.07, 6.45) is 0. The monoisotopic (exact) mass is 238 g/mol. The third kappa shape index (κ3) is 4.24. The van der Waals surface area contributed by atoms with Crippen molar-refractivity contribution >= 4 is 0 Å². The lowest BCUT2D eigenvalue weighted by molar-refractivity contribution is 0.257. The van der Waals surface area contributed by atoms with Crippen LogP contribution in [0.2, 0.25) is 0 Å². The highest BCUT2D eigenvalue weighted by molar-refractivity contribution is 5.42. The van der Waals surface area contributed by atoms with Crippen molar-refractivity contribution < 1.29 is 9.47 Å². The largest absolute Gasteiger partial charge is 0.497 e. The number of nitrogens with two attached hydrogens (primary N) is 1. The minimum atomic E-state index is -0.0461. The van der Waals surface area contributed by atoms with Crippen LogP contribution in [0.4, 0.5) is 0 Å². The molecule has 0 fully saturated rings. The van der Waals surface area contributed by atoms with Gasteiger partial charge in [-0.3, -0.25) is 0 Å². The van der Waals surface area contributed by atoms with Gasteiger partial charge in [0.15, 0.2) is 0 Å². The topological polar surface area (TPSA) is 47.7 Å². The van der Waals surface area contributed by atoms with E-state index in [9.17, 15) is 0 Å². The molecule has 96 valence electrons. The molecule has 0 bridgehead atoms. The molecule has 4 nitrogen and oxygen atoms in total. The Bertz CT molecular complexity index is 351. The maximum Gasteiger partial charge on any atom is 0.127 e. The fraction of sp³-hybridized carbons (Fsp3) is 0.538. The molecule has 4 heteroatoms. The minimum Gasteiger partial charge on any atom is -0.497 e. The summed E-state index contributed by atoms with van der Waals surface area (Å²) < 4.78 is 10.9. The number of hydrogen-bond donors (Lipinski definition) is 1. The zero-order valence-corrected chi connectivity index (χ0v) is 11.1. The van der Waals surface area contributed by atoms with Gasteiger partial charge in [-0.1, -0.05) is 6.07 Å². The van der Waals surface area contributed by atoms with E-state index in [1.807, 2.05) is 39.2 Å². The van der Waals surface area contributed by atoms with Crippen LogP contribution in [-0.2, 0) is 0 Å². The Morgan fingerprint density at radius 3 is 2.59 bits per heavy atom. The minimum absolute atomic E-state index is 0.0461. The van der Waals surface area contributed by atoms with Crippen LogP contribution in [-0.4, -0.2) is 39.3 Å². The van der Waals surface area contributed by atoms with E-state index >= 15 is 0 Å². The molecule has 0 aliphatic heterocycles. The highest BCUT2D eigenvalue weighted by Gasteiger charge is 2.09. The van der Waals surface area contributed by atoms with E-state index in [1.165, 1.54) is 0 Å². The lowest BCUT2D eigenvalue weighted by atomic mass is 10.1. The summed E-state index contributed by atoms with van der Waals surface area (Å²) in [4.78, 5) is 2.08. The molecule has 0 spiro atoms. The molecule has 1 aromatic rings. The van der Waals surface area contributed by atoms with Crippen molar-refractivity contribution in [2.75, 3.05) is 34.4 Å². The van der Waals surface area contributed by atoms with E-state index in [-0.39, 0.29) is 6.04 Å². The van der Waals surface area contributed by atoms with Gasteiger partial charge in [0.1, 0.15) is 18.1 Å². The Balaban J connectivity index is 2.78. The van der Waals surface area contributed by atoms with E-state index < -0.39 is 0 Å². The first-order valence-corrected chi connectivity index (χ1v) is 5.75. The average Bonchev–Trinajstić information content (AvgIpc) is 2.28. The van der Waals surface area contributed by atoms with E-state index in [0.717, 1.165) is 23.6 Å². The highest BCUT2D eigenvalue weighted by Crippen LogP contribution is 2.28. The van der Waals surface area contributed by atoms with Gasteiger partial charge < -0.3 is 20.1 Å². The Hall–Kier alpha value is -1.26. The van der Waals surface area contributed by atoms with Crippen molar-refractivity contribution in [3.05, 3.63) is 23.8 Å². The number of hydrogen-bond acceptors (Lipinski definition) is 4. The van der Waals surface area contributed by atoms with Crippen LogP contribution in [0.5, 0.6) is 11.5 Å². The van der Waals surface area contributed by atoms with E-state index in [2.05, 4.69) is 4.90 Å². The molecule has 0 saturated carbocycles. The van der Waals surface area contributed by atoms with Crippen molar-refractivity contribution in [1.82, 2.24) is 4.90 Å². The molecule has 1 unspecified atom stereocenters. The second kappa shape index (κ2) is 6.47. The predicted molar refractivity (Wildman–Crippen MR) is 69.6 cm³/mol. The van der Waals surface area contributed by atoms with E-state index in [1.54, 1.807) is 7.11 Å². The number of benzene rings is 1. The maximum absolute atomic E-state index is 5.91. The predicted octanol–water partition coefficient (Wildman–Crippen LogP) is 1.66. The maximum atomic E-state index is 5.91. The molecule has 0 aliphatic carbocycles. The third-order valence-corrected chi connectivity index (χ3v) is 2.51. The Morgan fingerprint density at radius 2 is 2.06 bits per heavy atom. The van der Waals surface area contributed by atoms with Gasteiger partial charge in [0.25, 0.3) is 0 Å². The van der Waals surface area contributed by atoms with Crippen LogP contribution in [0.3, 0.4) is 0 Å². The first kappa shape index (κ1) is 13.8. The number of rotatable bonds is 6. The van der Waals surface area contributed by atoms with Gasteiger partial charge in [-0.2, -0.15) is 0 Å². The average molecular weight is 238 g/mol. The smallest absolute Gasteiger partial charge is 0.127 e. The SMILES string of the molecule is COc1ccc(C(C)N)c(OCCN(C)C)c1. The van der Waals surface area contributed by atoms with Crippen molar-refractivity contribution in [1.29, 1.82) is 0 Å². The summed E-state index contributed by atoms with van der Waals surface area (Å²) in [6.45, 7) is 3.45. The summed E-state index contributed by atoms with van der Waals surface area (Å²) in [7, 11) is 5.67. The van der Waals surface area contributed by atoms with Crippen molar-refractivity contribution in [3.8, 4) is 11.5 Å². The third-order valence-electron chi connectivity index (χ3n) is 2.51. The second-order valence-corrected chi connectivity index (χ2v) is 4.34. The first-order valence-electron chi connectivity index (χ1n) is 5.75. The summed E-state index contributed by atoms with van der Waals surface area (Å²) in [5.74, 6) is 1.59. The first-order chi connectivity index (χ1) is 8.04. The lowest BCUT2D eigenvalue weighted by Gasteiger charge is -2.16. The molecule has 1 rings (SSSR count). The van der Waals surface area contributed by atoms with Crippen LogP contribution in [0.1, 0.15) is 18.5 Å². The Labute approximate surface area is 103 Å². The highest BCUT2D eigenvalue weighted by atomic mass is 16.5. The number of ether oxygens (including phenoxy) is 2. The summed E-state index contributed by atoms with van der Waals surface area (Å²) >= 11 is 0. The van der Waals surface area contributed by atoms with Gasteiger partial charge in [0.05, 0.1) is 7.11 Å². The zero-order chi connectivity index (χ0) is 12.8. The molecule has 0 amide bonds. The summed E-state index contributed by atoms with van der Waals surface area (Å²) in [5, 5.41) is 0. The van der Waals surface area contributed by atoms with Crippen LogP contribution >= 0.6 is 0 Å². The molecule has 2 N–H and O–H groups in total. The van der Waals surface area contributed by atoms with Crippen LogP contribution in [0.15, 0.2) is 18.2 Å². The fourth-order valence-corrected chi connectivity index (χ4v) is 1.48. The van der Waals surface area contributed by atoms with Gasteiger partial charge in [-0.25, -0.2) is 0 Å². The lowest BCUT2D eigenvalue weighted by Crippen LogP contribution is -2.20. The molecule has 0 aromatic heterocycles. The molecule has 1 aromatic carbocycles. The van der Waals surface area contributed by atoms with E-state index in [4.69, 9.17) is 15.2 Å². The van der Waals surface area contributed by atoms with Crippen LogP contribution in [0, 0.1) is 0 Å². The normalized spacial score (nSPS) is 12.6. The van der Waals surface area contributed by atoms with Crippen molar-refractivity contribution in [2.45, 2.75) is 13.0 Å². The fourth-order valence-electron chi connectivity index (χ4n) is 1.48. The Morgan fingerprint density at radius 1 is 1.35 bits per heavy atom. The molecule has 0 saturated heterocycles. The summed E-state index contributed by atoms with van der Waals surface area (Å²) in [5.41, 5.74) is 6.91. The standard InChI is InChI=1S/C13H22N2O2/c1-10(14)12-6-5-11(16-4)9-13(12)17-8-7-15(2)3/h5-6,9-10H,7-8,14H2,1-4H3. The number of methoxy groups -OCH3 is 1. The van der Waals surface area contributed by atoms with Gasteiger partial charge >= 0.3 is 0 Å². The molecular weight excluding hydrogens is 216 g/mol. The van der Waals surface area contributed by atoms with Crippen LogP contribution < -0.4 is 15.2 Å². The van der Waals surface area contributed by atoms with Crippen LogP contribution in [0.25, 0.3) is 0 Å². The van der Waals surface area contributed by atoms with Gasteiger partial charge in [0, 0.05) is 24.2 Å². The summed E-state index contributed by atoms with van der Waals surface area (Å²) in [6, 6.07) is 5.69. The molecule has 1 atom stereocenters. The molecule has 0 heterocycles. The Kier molecular flexibility index (Phi) is 5.25.